The van der Waals surface area contributed by atoms with Gasteiger partial charge in [0.2, 0.25) is 0 Å². The van der Waals surface area contributed by atoms with Gasteiger partial charge in [0.1, 0.15) is 0 Å². The van der Waals surface area contributed by atoms with Crippen molar-refractivity contribution in [3.8, 4) is 0 Å². The zero-order valence-electron chi connectivity index (χ0n) is 8.00. The Labute approximate surface area is 102 Å². The Bertz CT molecular complexity index is 284. The maximum atomic E-state index is 3.81. The van der Waals surface area contributed by atoms with E-state index in [2.05, 4.69) is 62.2 Å². The Kier molecular flexibility index (Phi) is 3.67. The van der Waals surface area contributed by atoms with Crippen LogP contribution >= 0.6 is 31.9 Å². The molecule has 0 saturated heterocycles. The van der Waals surface area contributed by atoms with Crippen LogP contribution in [0.3, 0.4) is 0 Å². The molecule has 0 aromatic heterocycles. The van der Waals surface area contributed by atoms with E-state index in [0.717, 1.165) is 0 Å². The van der Waals surface area contributed by atoms with E-state index < -0.39 is 0 Å². The first-order valence-corrected chi connectivity index (χ1v) is 6.95. The van der Waals surface area contributed by atoms with Gasteiger partial charge in [-0.1, -0.05) is 68.6 Å². The van der Waals surface area contributed by atoms with Crippen molar-refractivity contribution in [2.75, 3.05) is 0 Å². The summed E-state index contributed by atoms with van der Waals surface area (Å²) in [7, 11) is 0. The number of hydrogen-bond acceptors (Lipinski definition) is 0. The molecule has 76 valence electrons. The number of hydrogen-bond donors (Lipinski definition) is 0. The van der Waals surface area contributed by atoms with Gasteiger partial charge in [0.25, 0.3) is 0 Å². The summed E-state index contributed by atoms with van der Waals surface area (Å²) < 4.78 is 0. The maximum Gasteiger partial charge on any atom is 0.0339 e. The number of alkyl halides is 2. The van der Waals surface area contributed by atoms with Crippen molar-refractivity contribution in [1.29, 1.82) is 0 Å². The predicted molar refractivity (Wildman–Crippen MR) is 68.5 cm³/mol. The second-order valence-electron chi connectivity index (χ2n) is 3.91. The molecule has 1 fully saturated rings. The maximum absolute atomic E-state index is 3.81. The van der Waals surface area contributed by atoms with Crippen LogP contribution in [0.25, 0.3) is 0 Å². The first-order valence-electron chi connectivity index (χ1n) is 5.12. The molecule has 0 unspecified atom stereocenters. The molecule has 2 heteroatoms. The third kappa shape index (κ3) is 2.22. The molecule has 1 aliphatic rings. The van der Waals surface area contributed by atoms with Crippen molar-refractivity contribution in [2.45, 2.75) is 34.8 Å². The highest BCUT2D eigenvalue weighted by Crippen LogP contribution is 2.40. The number of benzene rings is 1. The molecule has 0 bridgehead atoms. The zero-order chi connectivity index (χ0) is 9.97. The molecule has 1 aliphatic carbocycles. The molecule has 3 atom stereocenters. The van der Waals surface area contributed by atoms with Gasteiger partial charge in [-0.05, 0) is 24.3 Å². The number of rotatable bonds is 1. The molecule has 0 spiro atoms. The smallest absolute Gasteiger partial charge is 0.0339 e. The summed E-state index contributed by atoms with van der Waals surface area (Å²) in [4.78, 5) is 1.21. The largest absolute Gasteiger partial charge is 0.0878 e. The van der Waals surface area contributed by atoms with Crippen molar-refractivity contribution in [3.05, 3.63) is 35.9 Å². The molecule has 1 aromatic carbocycles. The van der Waals surface area contributed by atoms with Crippen LogP contribution in [0.5, 0.6) is 0 Å². The van der Waals surface area contributed by atoms with Gasteiger partial charge >= 0.3 is 0 Å². The molecule has 1 aromatic rings. The average Bonchev–Trinajstić information content (AvgIpc) is 2.23. The minimum absolute atomic E-state index is 0.582. The van der Waals surface area contributed by atoms with E-state index >= 15 is 0 Å². The topological polar surface area (TPSA) is 0 Å². The van der Waals surface area contributed by atoms with Crippen LogP contribution in [-0.4, -0.2) is 9.65 Å². The lowest BCUT2D eigenvalue weighted by Gasteiger charge is -2.31. The summed E-state index contributed by atoms with van der Waals surface area (Å²) in [6.07, 6.45) is 3.93. The fourth-order valence-electron chi connectivity index (χ4n) is 2.15. The van der Waals surface area contributed by atoms with Gasteiger partial charge in [-0.15, -0.1) is 0 Å². The van der Waals surface area contributed by atoms with Gasteiger partial charge in [-0.25, -0.2) is 0 Å². The molecule has 0 amide bonds. The first kappa shape index (κ1) is 10.7. The third-order valence-electron chi connectivity index (χ3n) is 2.95. The highest BCUT2D eigenvalue weighted by atomic mass is 79.9. The summed E-state index contributed by atoms with van der Waals surface area (Å²) in [6, 6.07) is 10.8. The minimum atomic E-state index is 0.582. The van der Waals surface area contributed by atoms with Gasteiger partial charge < -0.3 is 0 Å². The van der Waals surface area contributed by atoms with E-state index in [0.29, 0.717) is 15.6 Å². The van der Waals surface area contributed by atoms with E-state index in [9.17, 15) is 0 Å². The van der Waals surface area contributed by atoms with E-state index in [1.54, 1.807) is 0 Å². The average molecular weight is 318 g/mol. The Morgan fingerprint density at radius 1 is 1.00 bits per heavy atom. The molecule has 0 radical (unpaired) electrons. The molecule has 14 heavy (non-hydrogen) atoms. The Morgan fingerprint density at radius 3 is 2.43 bits per heavy atom. The fourth-order valence-corrected chi connectivity index (χ4v) is 3.68. The van der Waals surface area contributed by atoms with Gasteiger partial charge in [-0.2, -0.15) is 0 Å². The number of halogens is 2. The van der Waals surface area contributed by atoms with Crippen molar-refractivity contribution in [3.63, 3.8) is 0 Å². The van der Waals surface area contributed by atoms with Crippen molar-refractivity contribution in [2.24, 2.45) is 0 Å². The third-order valence-corrected chi connectivity index (χ3v) is 5.97. The van der Waals surface area contributed by atoms with Crippen LogP contribution in [0, 0.1) is 0 Å². The Hall–Kier alpha value is 0.180. The summed E-state index contributed by atoms with van der Waals surface area (Å²) in [5.74, 6) is 0.675. The SMILES string of the molecule is Br[C@H]1[C@@H](c2ccccc2)CCC[C@@H]1Br. The van der Waals surface area contributed by atoms with E-state index in [-0.39, 0.29) is 0 Å². The lowest BCUT2D eigenvalue weighted by molar-refractivity contribution is 0.475. The molecule has 0 nitrogen and oxygen atoms in total. The van der Waals surface area contributed by atoms with Crippen LogP contribution in [0.4, 0.5) is 0 Å². The normalized spacial score (nSPS) is 32.9. The predicted octanol–water partition coefficient (Wildman–Crippen LogP) is 4.48. The van der Waals surface area contributed by atoms with Crippen LogP contribution in [0.1, 0.15) is 30.7 Å². The lowest BCUT2D eigenvalue weighted by Crippen LogP contribution is -2.27. The standard InChI is InChI=1S/C12H14Br2/c13-11-8-4-7-10(12(11)14)9-5-2-1-3-6-9/h1-3,5-6,10-12H,4,7-8H2/t10-,11+,12+/m1/s1. The highest BCUT2D eigenvalue weighted by molar-refractivity contribution is 9.12. The molecular weight excluding hydrogens is 304 g/mol. The molecule has 0 aliphatic heterocycles. The van der Waals surface area contributed by atoms with Crippen molar-refractivity contribution < 1.29 is 0 Å². The van der Waals surface area contributed by atoms with Gasteiger partial charge in [0.05, 0.1) is 0 Å². The van der Waals surface area contributed by atoms with Crippen LogP contribution < -0.4 is 0 Å². The highest BCUT2D eigenvalue weighted by Gasteiger charge is 2.30. The van der Waals surface area contributed by atoms with Crippen LogP contribution in [0.2, 0.25) is 0 Å². The van der Waals surface area contributed by atoms with Gasteiger partial charge in [0.15, 0.2) is 0 Å². The molecule has 2 rings (SSSR count). The second-order valence-corrected chi connectivity index (χ2v) is 6.14. The summed E-state index contributed by atoms with van der Waals surface area (Å²) in [5, 5.41) is 0. The van der Waals surface area contributed by atoms with E-state index in [1.165, 1.54) is 24.8 Å². The fraction of sp³-hybridized carbons (Fsp3) is 0.500. The van der Waals surface area contributed by atoms with Gasteiger partial charge in [0, 0.05) is 9.65 Å². The molecule has 0 N–H and O–H groups in total. The second kappa shape index (κ2) is 4.80. The minimum Gasteiger partial charge on any atom is -0.0878 e. The van der Waals surface area contributed by atoms with Crippen molar-refractivity contribution >= 4 is 31.9 Å². The van der Waals surface area contributed by atoms with Gasteiger partial charge in [-0.3, -0.25) is 0 Å². The summed E-state index contributed by atoms with van der Waals surface area (Å²) in [5.41, 5.74) is 1.47. The Morgan fingerprint density at radius 2 is 1.71 bits per heavy atom. The first-order chi connectivity index (χ1) is 6.79. The van der Waals surface area contributed by atoms with E-state index in [1.807, 2.05) is 0 Å². The van der Waals surface area contributed by atoms with Crippen LogP contribution in [-0.2, 0) is 0 Å². The van der Waals surface area contributed by atoms with E-state index in [4.69, 9.17) is 0 Å². The Balaban J connectivity index is 2.17. The molecule has 1 saturated carbocycles. The van der Waals surface area contributed by atoms with Crippen LogP contribution in [0.15, 0.2) is 30.3 Å². The molecule has 0 heterocycles. The quantitative estimate of drug-likeness (QED) is 0.670. The lowest BCUT2D eigenvalue weighted by atomic mass is 9.84. The zero-order valence-corrected chi connectivity index (χ0v) is 11.2. The molecular formula is C12H14Br2. The summed E-state index contributed by atoms with van der Waals surface area (Å²) >= 11 is 7.55. The monoisotopic (exact) mass is 316 g/mol. The van der Waals surface area contributed by atoms with Crippen molar-refractivity contribution in [1.82, 2.24) is 0 Å². The summed E-state index contributed by atoms with van der Waals surface area (Å²) in [6.45, 7) is 0.